The molecular formula is C13H16N2O3. The molecule has 1 fully saturated rings. The van der Waals surface area contributed by atoms with Crippen molar-refractivity contribution < 1.29 is 14.3 Å². The van der Waals surface area contributed by atoms with E-state index >= 15 is 0 Å². The normalized spacial score (nSPS) is 22.7. The van der Waals surface area contributed by atoms with E-state index in [0.29, 0.717) is 11.3 Å². The second-order valence-electron chi connectivity index (χ2n) is 4.44. The molecule has 0 spiro atoms. The number of ether oxygens (including phenoxy) is 1. The summed E-state index contributed by atoms with van der Waals surface area (Å²) in [6.45, 7) is 1.95. The summed E-state index contributed by atoms with van der Waals surface area (Å²) in [6, 6.07) is 6.46. The number of anilines is 1. The lowest BCUT2D eigenvalue weighted by molar-refractivity contribution is -0.126. The Labute approximate surface area is 105 Å². The lowest BCUT2D eigenvalue weighted by Crippen LogP contribution is -2.27. The van der Waals surface area contributed by atoms with Gasteiger partial charge in [0.15, 0.2) is 0 Å². The van der Waals surface area contributed by atoms with E-state index in [-0.39, 0.29) is 18.1 Å². The van der Waals surface area contributed by atoms with Crippen LogP contribution in [0, 0.1) is 0 Å². The zero-order valence-corrected chi connectivity index (χ0v) is 10.2. The first kappa shape index (κ1) is 12.6. The Balaban J connectivity index is 1.97. The van der Waals surface area contributed by atoms with Gasteiger partial charge in [0.25, 0.3) is 5.91 Å². The number of hydrogen-bond acceptors (Lipinski definition) is 3. The van der Waals surface area contributed by atoms with Crippen LogP contribution in [-0.2, 0) is 9.53 Å². The minimum atomic E-state index is -0.485. The Kier molecular flexibility index (Phi) is 3.62. The summed E-state index contributed by atoms with van der Waals surface area (Å²) >= 11 is 0. The van der Waals surface area contributed by atoms with Crippen LogP contribution in [0.1, 0.15) is 30.1 Å². The number of primary amides is 1. The van der Waals surface area contributed by atoms with Crippen LogP contribution in [0.4, 0.5) is 5.69 Å². The van der Waals surface area contributed by atoms with Crippen LogP contribution >= 0.6 is 0 Å². The highest BCUT2D eigenvalue weighted by molar-refractivity contribution is 5.96. The van der Waals surface area contributed by atoms with Crippen LogP contribution in [0.2, 0.25) is 0 Å². The van der Waals surface area contributed by atoms with Crippen LogP contribution in [-0.4, -0.2) is 24.0 Å². The molecule has 3 N–H and O–H groups in total. The highest BCUT2D eigenvalue weighted by Gasteiger charge is 2.28. The van der Waals surface area contributed by atoms with E-state index in [2.05, 4.69) is 5.32 Å². The summed E-state index contributed by atoms with van der Waals surface area (Å²) in [5.74, 6) is -0.632. The molecule has 1 aliphatic heterocycles. The molecule has 18 heavy (non-hydrogen) atoms. The number of nitrogens with one attached hydrogen (secondary N) is 1. The molecule has 2 rings (SSSR count). The Morgan fingerprint density at radius 1 is 1.28 bits per heavy atom. The Morgan fingerprint density at radius 3 is 2.44 bits per heavy atom. The standard InChI is InChI=1S/C13H16N2O3/c1-8-2-7-11(18-8)13(17)15-10-5-3-9(4-6-10)12(14)16/h3-6,8,11H,2,7H2,1H3,(H2,14,16)(H,15,17). The van der Waals surface area contributed by atoms with Gasteiger partial charge in [-0.3, -0.25) is 9.59 Å². The van der Waals surface area contributed by atoms with Crippen molar-refractivity contribution in [2.24, 2.45) is 5.73 Å². The van der Waals surface area contributed by atoms with Gasteiger partial charge in [-0.1, -0.05) is 0 Å². The molecule has 0 aliphatic carbocycles. The van der Waals surface area contributed by atoms with E-state index in [9.17, 15) is 9.59 Å². The van der Waals surface area contributed by atoms with Gasteiger partial charge < -0.3 is 15.8 Å². The van der Waals surface area contributed by atoms with E-state index in [1.54, 1.807) is 24.3 Å². The molecule has 1 aromatic rings. The molecule has 1 saturated heterocycles. The summed E-state index contributed by atoms with van der Waals surface area (Å²) in [5.41, 5.74) is 6.18. The SMILES string of the molecule is CC1CCC(C(=O)Nc2ccc(C(N)=O)cc2)O1. The fourth-order valence-corrected chi connectivity index (χ4v) is 1.94. The Morgan fingerprint density at radius 2 is 1.94 bits per heavy atom. The first-order valence-corrected chi connectivity index (χ1v) is 5.92. The van der Waals surface area contributed by atoms with Crippen LogP contribution in [0.5, 0.6) is 0 Å². The molecule has 1 heterocycles. The zero-order chi connectivity index (χ0) is 13.1. The molecule has 1 aliphatic rings. The number of hydrogen-bond donors (Lipinski definition) is 2. The predicted octanol–water partition coefficient (Wildman–Crippen LogP) is 1.29. The van der Waals surface area contributed by atoms with Gasteiger partial charge in [-0.05, 0) is 44.0 Å². The minimum absolute atomic E-state index is 0.137. The van der Waals surface area contributed by atoms with E-state index in [1.807, 2.05) is 6.92 Å². The predicted molar refractivity (Wildman–Crippen MR) is 67.2 cm³/mol. The maximum Gasteiger partial charge on any atom is 0.253 e. The largest absolute Gasteiger partial charge is 0.366 e. The molecule has 1 aromatic carbocycles. The number of amides is 2. The first-order chi connectivity index (χ1) is 8.56. The highest BCUT2D eigenvalue weighted by atomic mass is 16.5. The van der Waals surface area contributed by atoms with Crippen molar-refractivity contribution in [3.63, 3.8) is 0 Å². The molecular weight excluding hydrogens is 232 g/mol. The Bertz CT molecular complexity index is 456. The van der Waals surface area contributed by atoms with Gasteiger partial charge in [0.1, 0.15) is 6.10 Å². The van der Waals surface area contributed by atoms with Gasteiger partial charge >= 0.3 is 0 Å². The van der Waals surface area contributed by atoms with Gasteiger partial charge in [0.05, 0.1) is 6.10 Å². The molecule has 0 aromatic heterocycles. The fourth-order valence-electron chi connectivity index (χ4n) is 1.94. The first-order valence-electron chi connectivity index (χ1n) is 5.92. The van der Waals surface area contributed by atoms with Crippen LogP contribution < -0.4 is 11.1 Å². The number of benzene rings is 1. The molecule has 96 valence electrons. The van der Waals surface area contributed by atoms with Crippen LogP contribution in [0.25, 0.3) is 0 Å². The summed E-state index contributed by atoms with van der Waals surface area (Å²) in [6.07, 6.45) is 1.40. The van der Waals surface area contributed by atoms with Gasteiger partial charge in [0, 0.05) is 11.3 Å². The average Bonchev–Trinajstić information content (AvgIpc) is 2.76. The molecule has 5 nitrogen and oxygen atoms in total. The third kappa shape index (κ3) is 2.87. The summed E-state index contributed by atoms with van der Waals surface area (Å²) in [5, 5.41) is 2.75. The zero-order valence-electron chi connectivity index (χ0n) is 10.2. The lowest BCUT2D eigenvalue weighted by atomic mass is 10.1. The highest BCUT2D eigenvalue weighted by Crippen LogP contribution is 2.20. The molecule has 0 bridgehead atoms. The number of nitrogens with two attached hydrogens (primary N) is 1. The van der Waals surface area contributed by atoms with E-state index in [1.165, 1.54) is 0 Å². The number of carbonyl (C=O) groups excluding carboxylic acids is 2. The van der Waals surface area contributed by atoms with E-state index in [4.69, 9.17) is 10.5 Å². The van der Waals surface area contributed by atoms with Gasteiger partial charge in [-0.2, -0.15) is 0 Å². The van der Waals surface area contributed by atoms with Gasteiger partial charge in [0.2, 0.25) is 5.91 Å². The number of rotatable bonds is 3. The molecule has 2 atom stereocenters. The lowest BCUT2D eigenvalue weighted by Gasteiger charge is -2.11. The van der Waals surface area contributed by atoms with Crippen molar-refractivity contribution in [2.45, 2.75) is 32.0 Å². The summed E-state index contributed by atoms with van der Waals surface area (Å²) in [4.78, 5) is 22.7. The molecule has 2 amide bonds. The second-order valence-corrected chi connectivity index (χ2v) is 4.44. The monoisotopic (exact) mass is 248 g/mol. The molecule has 5 heteroatoms. The van der Waals surface area contributed by atoms with E-state index in [0.717, 1.165) is 12.8 Å². The third-order valence-electron chi connectivity index (χ3n) is 2.96. The topological polar surface area (TPSA) is 81.4 Å². The molecule has 2 unspecified atom stereocenters. The van der Waals surface area contributed by atoms with Crippen molar-refractivity contribution >= 4 is 17.5 Å². The van der Waals surface area contributed by atoms with E-state index < -0.39 is 5.91 Å². The smallest absolute Gasteiger partial charge is 0.253 e. The fraction of sp³-hybridized carbons (Fsp3) is 0.385. The van der Waals surface area contributed by atoms with Gasteiger partial charge in [-0.25, -0.2) is 0 Å². The van der Waals surface area contributed by atoms with Crippen molar-refractivity contribution in [3.8, 4) is 0 Å². The number of carbonyl (C=O) groups is 2. The minimum Gasteiger partial charge on any atom is -0.366 e. The quantitative estimate of drug-likeness (QED) is 0.845. The maximum absolute atomic E-state index is 11.9. The summed E-state index contributed by atoms with van der Waals surface area (Å²) < 4.78 is 5.47. The Hall–Kier alpha value is -1.88. The van der Waals surface area contributed by atoms with Crippen LogP contribution in [0.15, 0.2) is 24.3 Å². The van der Waals surface area contributed by atoms with Gasteiger partial charge in [-0.15, -0.1) is 0 Å². The molecule has 0 radical (unpaired) electrons. The van der Waals surface area contributed by atoms with Crippen LogP contribution in [0.3, 0.4) is 0 Å². The average molecular weight is 248 g/mol. The maximum atomic E-state index is 11.9. The van der Waals surface area contributed by atoms with Crippen molar-refractivity contribution in [1.29, 1.82) is 0 Å². The summed E-state index contributed by atoms with van der Waals surface area (Å²) in [7, 11) is 0. The van der Waals surface area contributed by atoms with Crippen molar-refractivity contribution in [2.75, 3.05) is 5.32 Å². The second kappa shape index (κ2) is 5.18. The third-order valence-corrected chi connectivity index (χ3v) is 2.96. The molecule has 0 saturated carbocycles. The van der Waals surface area contributed by atoms with Crippen molar-refractivity contribution in [3.05, 3.63) is 29.8 Å². The van der Waals surface area contributed by atoms with Crippen molar-refractivity contribution in [1.82, 2.24) is 0 Å².